The number of nitrogens with two attached hydrogens (primary N) is 1. The summed E-state index contributed by atoms with van der Waals surface area (Å²) in [5.41, 5.74) is 6.48. The topological polar surface area (TPSA) is 63.3 Å². The minimum absolute atomic E-state index is 0. The molecule has 0 aliphatic carbocycles. The van der Waals surface area contributed by atoms with E-state index in [1.165, 1.54) is 0 Å². The van der Waals surface area contributed by atoms with Gasteiger partial charge in [-0.2, -0.15) is 0 Å². The molecule has 1 amide bonds. The second-order valence-electron chi connectivity index (χ2n) is 3.04. The molecular formula is C10H14ClNO2. The molecule has 3 N–H and O–H groups in total. The van der Waals surface area contributed by atoms with Crippen LogP contribution in [0.2, 0.25) is 0 Å². The highest BCUT2D eigenvalue weighted by Gasteiger charge is 2.11. The molecule has 1 atom stereocenters. The molecular weight excluding hydrogens is 202 g/mol. The van der Waals surface area contributed by atoms with E-state index in [-0.39, 0.29) is 24.9 Å². The number of aliphatic hydroxyl groups is 1. The Labute approximate surface area is 89.3 Å². The summed E-state index contributed by atoms with van der Waals surface area (Å²) in [7, 11) is 0. The van der Waals surface area contributed by atoms with Crippen molar-refractivity contribution in [3.63, 3.8) is 0 Å². The normalized spacial score (nSPS) is 11.6. The molecule has 0 spiro atoms. The van der Waals surface area contributed by atoms with Crippen molar-refractivity contribution in [3.05, 3.63) is 35.4 Å². The molecule has 0 heterocycles. The van der Waals surface area contributed by atoms with E-state index in [4.69, 9.17) is 10.8 Å². The highest BCUT2D eigenvalue weighted by molar-refractivity contribution is 5.94. The predicted molar refractivity (Wildman–Crippen MR) is 57.7 cm³/mol. The molecule has 0 bridgehead atoms. The summed E-state index contributed by atoms with van der Waals surface area (Å²) in [6.07, 6.45) is 0. The number of aliphatic hydroxyl groups excluding tert-OH is 1. The first-order valence-corrected chi connectivity index (χ1v) is 4.16. The van der Waals surface area contributed by atoms with E-state index < -0.39 is 5.91 Å². The quantitative estimate of drug-likeness (QED) is 0.799. The highest BCUT2D eigenvalue weighted by Crippen LogP contribution is 2.18. The molecule has 0 aromatic heterocycles. The number of amides is 1. The second kappa shape index (κ2) is 5.62. The molecule has 78 valence electrons. The Hall–Kier alpha value is -1.06. The van der Waals surface area contributed by atoms with Gasteiger partial charge in [0, 0.05) is 18.1 Å². The third-order valence-electron chi connectivity index (χ3n) is 2.03. The highest BCUT2D eigenvalue weighted by atomic mass is 35.5. The first-order chi connectivity index (χ1) is 6.16. The fourth-order valence-electron chi connectivity index (χ4n) is 1.25. The fraction of sp³-hybridized carbons (Fsp3) is 0.300. The summed E-state index contributed by atoms with van der Waals surface area (Å²) in [5.74, 6) is -0.500. The number of carbonyl (C=O) groups is 1. The monoisotopic (exact) mass is 215 g/mol. The van der Waals surface area contributed by atoms with Crippen LogP contribution in [0.25, 0.3) is 0 Å². The van der Waals surface area contributed by atoms with E-state index >= 15 is 0 Å². The largest absolute Gasteiger partial charge is 0.396 e. The van der Waals surface area contributed by atoms with Gasteiger partial charge in [0.25, 0.3) is 0 Å². The lowest BCUT2D eigenvalue weighted by Crippen LogP contribution is -2.15. The van der Waals surface area contributed by atoms with Gasteiger partial charge in [0.05, 0.1) is 0 Å². The maximum absolute atomic E-state index is 11.0. The van der Waals surface area contributed by atoms with Crippen molar-refractivity contribution >= 4 is 18.3 Å². The number of hydrogen-bond donors (Lipinski definition) is 2. The lowest BCUT2D eigenvalue weighted by molar-refractivity contribution is 0.0998. The van der Waals surface area contributed by atoms with E-state index in [0.29, 0.717) is 5.56 Å². The molecule has 14 heavy (non-hydrogen) atoms. The average Bonchev–Trinajstić information content (AvgIpc) is 2.16. The molecule has 0 saturated carbocycles. The molecule has 1 unspecified atom stereocenters. The summed E-state index contributed by atoms with van der Waals surface area (Å²) in [6, 6.07) is 7.06. The first kappa shape index (κ1) is 12.9. The fourth-order valence-corrected chi connectivity index (χ4v) is 1.25. The van der Waals surface area contributed by atoms with Gasteiger partial charge in [-0.05, 0) is 11.6 Å². The van der Waals surface area contributed by atoms with E-state index in [0.717, 1.165) is 5.56 Å². The Balaban J connectivity index is 0.00000169. The van der Waals surface area contributed by atoms with E-state index in [9.17, 15) is 4.79 Å². The standard InChI is InChI=1S/C10H13NO2.ClH/c1-7(6-12)8-4-2-3-5-9(8)10(11)13;/h2-5,7,12H,6H2,1H3,(H2,11,13);1H. The summed E-state index contributed by atoms with van der Waals surface area (Å²) in [5, 5.41) is 8.94. The summed E-state index contributed by atoms with van der Waals surface area (Å²) >= 11 is 0. The van der Waals surface area contributed by atoms with Crippen LogP contribution in [0.4, 0.5) is 0 Å². The van der Waals surface area contributed by atoms with Crippen molar-refractivity contribution < 1.29 is 9.90 Å². The zero-order valence-corrected chi connectivity index (χ0v) is 8.75. The van der Waals surface area contributed by atoms with Crippen molar-refractivity contribution in [2.45, 2.75) is 12.8 Å². The van der Waals surface area contributed by atoms with E-state index in [2.05, 4.69) is 0 Å². The SMILES string of the molecule is CC(CO)c1ccccc1C(N)=O.Cl. The second-order valence-corrected chi connectivity index (χ2v) is 3.04. The third-order valence-corrected chi connectivity index (χ3v) is 2.03. The Morgan fingerprint density at radius 1 is 1.50 bits per heavy atom. The van der Waals surface area contributed by atoms with Crippen LogP contribution in [0.5, 0.6) is 0 Å². The van der Waals surface area contributed by atoms with Crippen LogP contribution in [0.1, 0.15) is 28.8 Å². The van der Waals surface area contributed by atoms with Crippen LogP contribution in [0, 0.1) is 0 Å². The first-order valence-electron chi connectivity index (χ1n) is 4.16. The van der Waals surface area contributed by atoms with Gasteiger partial charge in [0.2, 0.25) is 5.91 Å². The molecule has 1 aromatic rings. The van der Waals surface area contributed by atoms with Crippen molar-refractivity contribution in [2.75, 3.05) is 6.61 Å². The van der Waals surface area contributed by atoms with Gasteiger partial charge in [-0.1, -0.05) is 25.1 Å². The van der Waals surface area contributed by atoms with Crippen molar-refractivity contribution in [2.24, 2.45) is 5.73 Å². The van der Waals surface area contributed by atoms with Crippen LogP contribution in [0.15, 0.2) is 24.3 Å². The molecule has 0 aliphatic heterocycles. The Morgan fingerprint density at radius 2 is 2.07 bits per heavy atom. The van der Waals surface area contributed by atoms with E-state index in [1.807, 2.05) is 13.0 Å². The lowest BCUT2D eigenvalue weighted by atomic mass is 9.96. The molecule has 1 rings (SSSR count). The average molecular weight is 216 g/mol. The molecule has 0 fully saturated rings. The van der Waals surface area contributed by atoms with Crippen LogP contribution < -0.4 is 5.73 Å². The molecule has 3 nitrogen and oxygen atoms in total. The van der Waals surface area contributed by atoms with Crippen molar-refractivity contribution in [3.8, 4) is 0 Å². The Morgan fingerprint density at radius 3 is 2.57 bits per heavy atom. The summed E-state index contributed by atoms with van der Waals surface area (Å²) in [6.45, 7) is 1.87. The van der Waals surface area contributed by atoms with Gasteiger partial charge in [-0.25, -0.2) is 0 Å². The third kappa shape index (κ3) is 2.72. The molecule has 4 heteroatoms. The zero-order chi connectivity index (χ0) is 9.84. The van der Waals surface area contributed by atoms with Gasteiger partial charge in [0.1, 0.15) is 0 Å². The number of hydrogen-bond acceptors (Lipinski definition) is 2. The Kier molecular flexibility index (Phi) is 5.20. The number of rotatable bonds is 3. The minimum Gasteiger partial charge on any atom is -0.396 e. The molecule has 1 aromatic carbocycles. The zero-order valence-electron chi connectivity index (χ0n) is 7.93. The van der Waals surface area contributed by atoms with Crippen LogP contribution in [0.3, 0.4) is 0 Å². The summed E-state index contributed by atoms with van der Waals surface area (Å²) < 4.78 is 0. The number of primary amides is 1. The molecule has 0 saturated heterocycles. The lowest BCUT2D eigenvalue weighted by Gasteiger charge is -2.11. The smallest absolute Gasteiger partial charge is 0.248 e. The maximum atomic E-state index is 11.0. The van der Waals surface area contributed by atoms with Crippen LogP contribution in [-0.4, -0.2) is 17.6 Å². The van der Waals surface area contributed by atoms with Crippen LogP contribution in [-0.2, 0) is 0 Å². The van der Waals surface area contributed by atoms with Gasteiger partial charge in [-0.15, -0.1) is 12.4 Å². The number of carbonyl (C=O) groups excluding carboxylic acids is 1. The number of halogens is 1. The van der Waals surface area contributed by atoms with E-state index in [1.54, 1.807) is 18.2 Å². The molecule has 0 radical (unpaired) electrons. The Bertz CT molecular complexity index is 315. The maximum Gasteiger partial charge on any atom is 0.248 e. The summed E-state index contributed by atoms with van der Waals surface area (Å²) in [4.78, 5) is 11.0. The van der Waals surface area contributed by atoms with Gasteiger partial charge in [0.15, 0.2) is 0 Å². The van der Waals surface area contributed by atoms with Crippen molar-refractivity contribution in [1.82, 2.24) is 0 Å². The van der Waals surface area contributed by atoms with Gasteiger partial charge >= 0.3 is 0 Å². The minimum atomic E-state index is -0.448. The molecule has 0 aliphatic rings. The predicted octanol–water partition coefficient (Wildman–Crippen LogP) is 1.30. The number of benzene rings is 1. The van der Waals surface area contributed by atoms with Gasteiger partial charge in [-0.3, -0.25) is 4.79 Å². The van der Waals surface area contributed by atoms with Crippen molar-refractivity contribution in [1.29, 1.82) is 0 Å². The van der Waals surface area contributed by atoms with Gasteiger partial charge < -0.3 is 10.8 Å². The van der Waals surface area contributed by atoms with Crippen LogP contribution >= 0.6 is 12.4 Å².